The summed E-state index contributed by atoms with van der Waals surface area (Å²) < 4.78 is 4.52. The lowest BCUT2D eigenvalue weighted by Gasteiger charge is -2.11. The molecule has 0 amide bonds. The minimum atomic E-state index is -0.906. The highest BCUT2D eigenvalue weighted by Crippen LogP contribution is 2.28. The van der Waals surface area contributed by atoms with E-state index in [0.717, 1.165) is 0 Å². The zero-order valence-electron chi connectivity index (χ0n) is 10.6. The molecule has 0 aliphatic carbocycles. The SMILES string of the molecule is CCC(CNc1ccc([N+](=O)[O-])c2nonc12)C(=O)O. The summed E-state index contributed by atoms with van der Waals surface area (Å²) in [6.45, 7) is 1.95. The van der Waals surface area contributed by atoms with E-state index in [9.17, 15) is 14.9 Å². The van der Waals surface area contributed by atoms with Gasteiger partial charge in [-0.05, 0) is 22.8 Å². The first kappa shape index (κ1) is 13.7. The van der Waals surface area contributed by atoms with Crippen LogP contribution < -0.4 is 5.32 Å². The Morgan fingerprint density at radius 3 is 2.80 bits per heavy atom. The number of nitrogens with one attached hydrogen (secondary N) is 1. The predicted octanol–water partition coefficient (Wildman–Crippen LogP) is 1.65. The Balaban J connectivity index is 2.28. The van der Waals surface area contributed by atoms with Gasteiger partial charge >= 0.3 is 11.7 Å². The average Bonchev–Trinajstić information content (AvgIpc) is 2.87. The van der Waals surface area contributed by atoms with E-state index < -0.39 is 16.8 Å². The summed E-state index contributed by atoms with van der Waals surface area (Å²) in [6.07, 6.45) is 0.468. The highest BCUT2D eigenvalue weighted by Gasteiger charge is 2.21. The minimum Gasteiger partial charge on any atom is -0.481 e. The van der Waals surface area contributed by atoms with Crippen molar-refractivity contribution in [3.63, 3.8) is 0 Å². The number of carboxylic acid groups (broad SMARTS) is 1. The molecule has 1 heterocycles. The van der Waals surface area contributed by atoms with Crippen molar-refractivity contribution in [2.75, 3.05) is 11.9 Å². The van der Waals surface area contributed by atoms with Crippen LogP contribution in [0.15, 0.2) is 16.8 Å². The molecule has 0 bridgehead atoms. The van der Waals surface area contributed by atoms with Gasteiger partial charge in [-0.15, -0.1) is 0 Å². The highest BCUT2D eigenvalue weighted by molar-refractivity contribution is 5.93. The van der Waals surface area contributed by atoms with E-state index in [0.29, 0.717) is 12.1 Å². The van der Waals surface area contributed by atoms with Crippen molar-refractivity contribution in [2.24, 2.45) is 5.92 Å². The molecule has 9 nitrogen and oxygen atoms in total. The van der Waals surface area contributed by atoms with Crippen LogP contribution in [0.5, 0.6) is 0 Å². The van der Waals surface area contributed by atoms with Crippen molar-refractivity contribution in [3.8, 4) is 0 Å². The number of hydrogen-bond donors (Lipinski definition) is 2. The Bertz CT molecular complexity index is 653. The number of carboxylic acids is 1. The van der Waals surface area contributed by atoms with E-state index in [1.54, 1.807) is 6.92 Å². The molecule has 0 saturated heterocycles. The molecule has 2 rings (SSSR count). The maximum Gasteiger partial charge on any atom is 0.308 e. The van der Waals surface area contributed by atoms with Crippen molar-refractivity contribution in [1.29, 1.82) is 0 Å². The molecule has 1 aromatic carbocycles. The maximum absolute atomic E-state index is 10.9. The lowest BCUT2D eigenvalue weighted by Crippen LogP contribution is -2.22. The maximum atomic E-state index is 10.9. The van der Waals surface area contributed by atoms with Crippen LogP contribution >= 0.6 is 0 Å². The first-order valence-corrected chi connectivity index (χ1v) is 5.91. The number of nitro benzene ring substituents is 1. The number of aromatic nitrogens is 2. The van der Waals surface area contributed by atoms with Crippen LogP contribution in [0.3, 0.4) is 0 Å². The van der Waals surface area contributed by atoms with E-state index in [1.165, 1.54) is 12.1 Å². The second-order valence-electron chi connectivity index (χ2n) is 4.18. The Morgan fingerprint density at radius 2 is 2.20 bits per heavy atom. The second kappa shape index (κ2) is 5.51. The van der Waals surface area contributed by atoms with E-state index in [4.69, 9.17) is 5.11 Å². The molecule has 0 radical (unpaired) electrons. The quantitative estimate of drug-likeness (QED) is 0.603. The molecule has 106 valence electrons. The lowest BCUT2D eigenvalue weighted by molar-refractivity contribution is -0.383. The van der Waals surface area contributed by atoms with Gasteiger partial charge in [-0.2, -0.15) is 0 Å². The summed E-state index contributed by atoms with van der Waals surface area (Å²) in [5.74, 6) is -1.46. The fourth-order valence-corrected chi connectivity index (χ4v) is 1.78. The van der Waals surface area contributed by atoms with Gasteiger partial charge in [0.25, 0.3) is 0 Å². The standard InChI is InChI=1S/C11H12N4O5/c1-2-6(11(16)17)5-12-7-3-4-8(15(18)19)10-9(7)13-20-14-10/h3-4,6,12H,2,5H2,1H3,(H,16,17). The van der Waals surface area contributed by atoms with Gasteiger partial charge in [-0.3, -0.25) is 14.9 Å². The molecule has 0 spiro atoms. The highest BCUT2D eigenvalue weighted by atomic mass is 16.6. The first-order chi connectivity index (χ1) is 9.54. The molecule has 1 atom stereocenters. The molecule has 1 aromatic heterocycles. The first-order valence-electron chi connectivity index (χ1n) is 5.91. The number of carbonyl (C=O) groups is 1. The summed E-state index contributed by atoms with van der Waals surface area (Å²) in [5.41, 5.74) is 0.478. The van der Waals surface area contributed by atoms with Crippen LogP contribution in [0.1, 0.15) is 13.3 Å². The van der Waals surface area contributed by atoms with Crippen molar-refractivity contribution in [3.05, 3.63) is 22.2 Å². The third-order valence-electron chi connectivity index (χ3n) is 2.97. The summed E-state index contributed by atoms with van der Waals surface area (Å²) in [4.78, 5) is 21.2. The van der Waals surface area contributed by atoms with Gasteiger partial charge in [0.2, 0.25) is 5.52 Å². The number of benzene rings is 1. The average molecular weight is 280 g/mol. The van der Waals surface area contributed by atoms with Crippen molar-refractivity contribution >= 4 is 28.4 Å². The largest absolute Gasteiger partial charge is 0.481 e. The third-order valence-corrected chi connectivity index (χ3v) is 2.97. The van der Waals surface area contributed by atoms with Gasteiger partial charge in [-0.1, -0.05) is 6.92 Å². The molecule has 0 aliphatic heterocycles. The van der Waals surface area contributed by atoms with Crippen LogP contribution in [0, 0.1) is 16.0 Å². The lowest BCUT2D eigenvalue weighted by atomic mass is 10.1. The molecular weight excluding hydrogens is 268 g/mol. The predicted molar refractivity (Wildman–Crippen MR) is 68.4 cm³/mol. The minimum absolute atomic E-state index is 0.0309. The Kier molecular flexibility index (Phi) is 3.78. The Hall–Kier alpha value is -2.71. The molecule has 0 saturated carbocycles. The van der Waals surface area contributed by atoms with Crippen LogP contribution in [0.2, 0.25) is 0 Å². The van der Waals surface area contributed by atoms with Crippen molar-refractivity contribution < 1.29 is 19.5 Å². The molecule has 1 unspecified atom stereocenters. The molecule has 2 N–H and O–H groups in total. The normalized spacial score (nSPS) is 12.2. The van der Waals surface area contributed by atoms with Gasteiger partial charge in [-0.25, -0.2) is 4.63 Å². The number of hydrogen-bond acceptors (Lipinski definition) is 7. The second-order valence-corrected chi connectivity index (χ2v) is 4.18. The van der Waals surface area contributed by atoms with Crippen LogP contribution in [0.25, 0.3) is 11.0 Å². The number of nitrogens with zero attached hydrogens (tertiary/aromatic N) is 3. The van der Waals surface area contributed by atoms with E-state index in [2.05, 4.69) is 20.3 Å². The van der Waals surface area contributed by atoms with Crippen molar-refractivity contribution in [1.82, 2.24) is 10.3 Å². The monoisotopic (exact) mass is 280 g/mol. The van der Waals surface area contributed by atoms with Gasteiger partial charge < -0.3 is 10.4 Å². The van der Waals surface area contributed by atoms with Gasteiger partial charge in [0.1, 0.15) is 0 Å². The summed E-state index contributed by atoms with van der Waals surface area (Å²) in [5, 5.41) is 29.8. The van der Waals surface area contributed by atoms with E-state index in [-0.39, 0.29) is 23.3 Å². The molecule has 0 fully saturated rings. The zero-order chi connectivity index (χ0) is 14.7. The summed E-state index contributed by atoms with van der Waals surface area (Å²) in [6, 6.07) is 2.73. The number of aliphatic carboxylic acids is 1. The van der Waals surface area contributed by atoms with E-state index >= 15 is 0 Å². The third kappa shape index (κ3) is 2.51. The molecule has 20 heavy (non-hydrogen) atoms. The molecular formula is C11H12N4O5. The van der Waals surface area contributed by atoms with Gasteiger partial charge in [0.05, 0.1) is 16.5 Å². The van der Waals surface area contributed by atoms with Crippen LogP contribution in [0.4, 0.5) is 11.4 Å². The number of non-ortho nitro benzene ring substituents is 1. The van der Waals surface area contributed by atoms with Crippen molar-refractivity contribution in [2.45, 2.75) is 13.3 Å². The van der Waals surface area contributed by atoms with Crippen LogP contribution in [-0.2, 0) is 4.79 Å². The molecule has 2 aromatic rings. The fraction of sp³-hybridized carbons (Fsp3) is 0.364. The van der Waals surface area contributed by atoms with Gasteiger partial charge in [0, 0.05) is 12.6 Å². The fourth-order valence-electron chi connectivity index (χ4n) is 1.78. The van der Waals surface area contributed by atoms with Crippen LogP contribution in [-0.4, -0.2) is 32.9 Å². The Labute approximate surface area is 112 Å². The molecule has 0 aliphatic rings. The smallest absolute Gasteiger partial charge is 0.308 e. The number of fused-ring (bicyclic) bond motifs is 1. The number of nitro groups is 1. The Morgan fingerprint density at radius 1 is 1.50 bits per heavy atom. The number of rotatable bonds is 6. The summed E-state index contributed by atoms with van der Waals surface area (Å²) in [7, 11) is 0. The zero-order valence-corrected chi connectivity index (χ0v) is 10.6. The number of anilines is 1. The van der Waals surface area contributed by atoms with Gasteiger partial charge in [0.15, 0.2) is 5.52 Å². The topological polar surface area (TPSA) is 131 Å². The van der Waals surface area contributed by atoms with E-state index in [1.807, 2.05) is 0 Å². The summed E-state index contributed by atoms with van der Waals surface area (Å²) >= 11 is 0. The molecule has 9 heteroatoms.